The second-order valence-electron chi connectivity index (χ2n) is 9.70. The van der Waals surface area contributed by atoms with Crippen molar-refractivity contribution in [1.29, 1.82) is 0 Å². The molecule has 0 radical (unpaired) electrons. The van der Waals surface area contributed by atoms with E-state index in [1.54, 1.807) is 0 Å². The zero-order valence-corrected chi connectivity index (χ0v) is 21.9. The molecule has 2 aromatic rings. The van der Waals surface area contributed by atoms with Gasteiger partial charge in [0.25, 0.3) is 0 Å². The summed E-state index contributed by atoms with van der Waals surface area (Å²) in [4.78, 5) is 11.8. The Hall–Kier alpha value is -2.33. The lowest BCUT2D eigenvalue weighted by Gasteiger charge is -2.20. The number of benzene rings is 2. The summed E-state index contributed by atoms with van der Waals surface area (Å²) in [5.41, 5.74) is 2.72. The Morgan fingerprint density at radius 2 is 1.20 bits per heavy atom. The number of rotatable bonds is 19. The summed E-state index contributed by atoms with van der Waals surface area (Å²) in [6.07, 6.45) is 14.1. The molecule has 0 aliphatic carbocycles. The smallest absolute Gasteiger partial charge is 0.313 e. The van der Waals surface area contributed by atoms with E-state index < -0.39 is 18.0 Å². The highest BCUT2D eigenvalue weighted by molar-refractivity contribution is 5.77. The van der Waals surface area contributed by atoms with Crippen LogP contribution in [0.15, 0.2) is 48.5 Å². The van der Waals surface area contributed by atoms with E-state index in [1.165, 1.54) is 44.9 Å². The van der Waals surface area contributed by atoms with Gasteiger partial charge in [-0.15, -0.1) is 0 Å². The number of carbonyl (C=O) groups is 1. The third-order valence-corrected chi connectivity index (χ3v) is 6.73. The van der Waals surface area contributed by atoms with Crippen molar-refractivity contribution in [2.45, 2.75) is 109 Å². The van der Waals surface area contributed by atoms with E-state index in [1.807, 2.05) is 48.5 Å². The first-order valence-corrected chi connectivity index (χ1v) is 13.8. The largest absolute Gasteiger partial charge is 0.494 e. The van der Waals surface area contributed by atoms with Crippen LogP contribution in [0, 0.1) is 0 Å². The van der Waals surface area contributed by atoms with E-state index >= 15 is 0 Å². The minimum Gasteiger partial charge on any atom is -0.494 e. The van der Waals surface area contributed by atoms with Crippen LogP contribution in [-0.2, 0) is 4.79 Å². The molecular formula is C31H46O4. The van der Waals surface area contributed by atoms with Crippen LogP contribution in [0.3, 0.4) is 0 Å². The van der Waals surface area contributed by atoms with Gasteiger partial charge in [-0.3, -0.25) is 4.79 Å². The molecule has 0 spiro atoms. The van der Waals surface area contributed by atoms with Gasteiger partial charge in [-0.1, -0.05) is 121 Å². The molecule has 4 nitrogen and oxygen atoms in total. The van der Waals surface area contributed by atoms with Gasteiger partial charge in [-0.25, -0.2) is 0 Å². The monoisotopic (exact) mass is 482 g/mol. The Balaban J connectivity index is 1.81. The van der Waals surface area contributed by atoms with E-state index in [0.29, 0.717) is 12.0 Å². The van der Waals surface area contributed by atoms with E-state index in [4.69, 9.17) is 4.74 Å². The predicted molar refractivity (Wildman–Crippen MR) is 145 cm³/mol. The molecule has 4 heteroatoms. The summed E-state index contributed by atoms with van der Waals surface area (Å²) in [7, 11) is 0. The standard InChI is InChI=1S/C31H46O4/c1-3-5-7-9-10-11-12-14-24-35-28-22-20-26(21-23-28)25-16-18-27(19-17-25)30(31(33)34)29(32)15-13-8-6-4-2/h16-23,29-30,32H,3-15,24H2,1-2H3,(H,33,34). The molecular weight excluding hydrogens is 436 g/mol. The van der Waals surface area contributed by atoms with Gasteiger partial charge in [-0.2, -0.15) is 0 Å². The molecule has 2 aromatic carbocycles. The van der Waals surface area contributed by atoms with Crippen LogP contribution >= 0.6 is 0 Å². The molecule has 0 saturated carbocycles. The zero-order valence-electron chi connectivity index (χ0n) is 21.9. The zero-order chi connectivity index (χ0) is 25.3. The van der Waals surface area contributed by atoms with Crippen LogP contribution in [0.25, 0.3) is 11.1 Å². The van der Waals surface area contributed by atoms with Gasteiger partial charge in [-0.05, 0) is 41.7 Å². The van der Waals surface area contributed by atoms with E-state index in [0.717, 1.165) is 55.6 Å². The summed E-state index contributed by atoms with van der Waals surface area (Å²) in [6, 6.07) is 15.6. The van der Waals surface area contributed by atoms with Gasteiger partial charge in [0.15, 0.2) is 0 Å². The fraction of sp³-hybridized carbons (Fsp3) is 0.581. The Kier molecular flexibility index (Phi) is 14.2. The second-order valence-corrected chi connectivity index (χ2v) is 9.70. The SMILES string of the molecule is CCCCCCCCCCOc1ccc(-c2ccc(C(C(=O)O)C(O)CCCCCC)cc2)cc1. The van der Waals surface area contributed by atoms with Crippen molar-refractivity contribution in [1.82, 2.24) is 0 Å². The number of carboxylic acid groups (broad SMARTS) is 1. The van der Waals surface area contributed by atoms with Gasteiger partial charge in [0.2, 0.25) is 0 Å². The van der Waals surface area contributed by atoms with Crippen molar-refractivity contribution in [3.8, 4) is 16.9 Å². The number of aliphatic hydroxyl groups is 1. The lowest BCUT2D eigenvalue weighted by Crippen LogP contribution is -2.26. The highest BCUT2D eigenvalue weighted by atomic mass is 16.5. The Morgan fingerprint density at radius 3 is 1.74 bits per heavy atom. The summed E-state index contributed by atoms with van der Waals surface area (Å²) in [5, 5.41) is 20.2. The maximum absolute atomic E-state index is 11.8. The average Bonchev–Trinajstić information content (AvgIpc) is 2.86. The van der Waals surface area contributed by atoms with Crippen LogP contribution < -0.4 is 4.74 Å². The minimum absolute atomic E-state index is 0.513. The van der Waals surface area contributed by atoms with E-state index in [9.17, 15) is 15.0 Å². The van der Waals surface area contributed by atoms with Crippen LogP contribution in [-0.4, -0.2) is 28.9 Å². The summed E-state index contributed by atoms with van der Waals surface area (Å²) in [6.45, 7) is 5.14. The third-order valence-electron chi connectivity index (χ3n) is 6.73. The Bertz CT molecular complexity index is 813. The highest BCUT2D eigenvalue weighted by Gasteiger charge is 2.27. The maximum Gasteiger partial charge on any atom is 0.313 e. The summed E-state index contributed by atoms with van der Waals surface area (Å²) >= 11 is 0. The maximum atomic E-state index is 11.8. The fourth-order valence-electron chi connectivity index (χ4n) is 4.53. The molecule has 0 bridgehead atoms. The fourth-order valence-corrected chi connectivity index (χ4v) is 4.53. The summed E-state index contributed by atoms with van der Waals surface area (Å²) in [5.74, 6) is -0.984. The molecule has 0 heterocycles. The second kappa shape index (κ2) is 17.2. The van der Waals surface area contributed by atoms with Crippen LogP contribution in [0.4, 0.5) is 0 Å². The van der Waals surface area contributed by atoms with E-state index in [-0.39, 0.29) is 0 Å². The molecule has 2 atom stereocenters. The highest BCUT2D eigenvalue weighted by Crippen LogP contribution is 2.28. The van der Waals surface area contributed by atoms with Crippen LogP contribution in [0.1, 0.15) is 109 Å². The molecule has 2 N–H and O–H groups in total. The number of hydrogen-bond acceptors (Lipinski definition) is 3. The molecule has 2 unspecified atom stereocenters. The number of hydrogen-bond donors (Lipinski definition) is 2. The molecule has 194 valence electrons. The first-order valence-electron chi connectivity index (χ1n) is 13.8. The van der Waals surface area contributed by atoms with E-state index in [2.05, 4.69) is 13.8 Å². The molecule has 0 aromatic heterocycles. The average molecular weight is 483 g/mol. The number of carboxylic acids is 1. The molecule has 35 heavy (non-hydrogen) atoms. The van der Waals surface area contributed by atoms with Gasteiger partial charge in [0.1, 0.15) is 11.7 Å². The van der Waals surface area contributed by atoms with Crippen molar-refractivity contribution in [3.63, 3.8) is 0 Å². The molecule has 2 rings (SSSR count). The normalized spacial score (nSPS) is 12.9. The molecule has 0 saturated heterocycles. The first kappa shape index (κ1) is 28.9. The van der Waals surface area contributed by atoms with Crippen LogP contribution in [0.2, 0.25) is 0 Å². The van der Waals surface area contributed by atoms with Crippen molar-refractivity contribution in [2.24, 2.45) is 0 Å². The Morgan fingerprint density at radius 1 is 0.714 bits per heavy atom. The number of aliphatic carboxylic acids is 1. The van der Waals surface area contributed by atoms with Gasteiger partial charge < -0.3 is 14.9 Å². The topological polar surface area (TPSA) is 66.8 Å². The lowest BCUT2D eigenvalue weighted by molar-refractivity contribution is -0.141. The summed E-state index contributed by atoms with van der Waals surface area (Å²) < 4.78 is 5.90. The molecule has 0 aliphatic heterocycles. The number of ether oxygens (including phenoxy) is 1. The van der Waals surface area contributed by atoms with Gasteiger partial charge >= 0.3 is 5.97 Å². The van der Waals surface area contributed by atoms with Crippen LogP contribution in [0.5, 0.6) is 5.75 Å². The quantitative estimate of drug-likeness (QED) is 0.197. The van der Waals surface area contributed by atoms with Crippen molar-refractivity contribution in [3.05, 3.63) is 54.1 Å². The van der Waals surface area contributed by atoms with Gasteiger partial charge in [0, 0.05) is 0 Å². The lowest BCUT2D eigenvalue weighted by atomic mass is 9.89. The molecule has 0 amide bonds. The van der Waals surface area contributed by atoms with Crippen molar-refractivity contribution in [2.75, 3.05) is 6.61 Å². The first-order chi connectivity index (χ1) is 17.1. The molecule has 0 aliphatic rings. The van der Waals surface area contributed by atoms with Crippen molar-refractivity contribution < 1.29 is 19.7 Å². The molecule has 0 fully saturated rings. The third kappa shape index (κ3) is 10.9. The van der Waals surface area contributed by atoms with Gasteiger partial charge in [0.05, 0.1) is 12.7 Å². The number of aliphatic hydroxyl groups excluding tert-OH is 1. The number of unbranched alkanes of at least 4 members (excludes halogenated alkanes) is 10. The minimum atomic E-state index is -0.973. The van der Waals surface area contributed by atoms with Crippen molar-refractivity contribution >= 4 is 5.97 Å². The predicted octanol–water partition coefficient (Wildman–Crippen LogP) is 8.37. The Labute approximate surface area is 212 Å².